The van der Waals surface area contributed by atoms with Crippen LogP contribution in [0, 0.1) is 13.8 Å². The van der Waals surface area contributed by atoms with Crippen molar-refractivity contribution in [2.75, 3.05) is 0 Å². The molecule has 0 amide bonds. The number of carbonyl (C=O) groups is 1. The predicted molar refractivity (Wildman–Crippen MR) is 79.7 cm³/mol. The first-order valence-electron chi connectivity index (χ1n) is 6.58. The van der Waals surface area contributed by atoms with E-state index in [-0.39, 0.29) is 11.2 Å². The fourth-order valence-corrected chi connectivity index (χ4v) is 2.77. The summed E-state index contributed by atoms with van der Waals surface area (Å²) >= 11 is 0. The second-order valence-corrected chi connectivity index (χ2v) is 6.02. The first-order chi connectivity index (χ1) is 8.63. The summed E-state index contributed by atoms with van der Waals surface area (Å²) in [5.74, 6) is 1.66. The summed E-state index contributed by atoms with van der Waals surface area (Å²) in [4.78, 5) is 11.5. The monoisotopic (exact) mass is 260 g/mol. The summed E-state index contributed by atoms with van der Waals surface area (Å²) in [7, 11) is 0. The third-order valence-electron chi connectivity index (χ3n) is 3.10. The second kappa shape index (κ2) is 5.60. The van der Waals surface area contributed by atoms with Crippen LogP contribution < -0.4 is 4.74 Å². The normalized spacial score (nSPS) is 11.3. The molecule has 2 heteroatoms. The van der Waals surface area contributed by atoms with Crippen LogP contribution in [0.1, 0.15) is 50.8 Å². The summed E-state index contributed by atoms with van der Waals surface area (Å²) in [6, 6.07) is 4.14. The van der Waals surface area contributed by atoms with Crippen LogP contribution in [0.5, 0.6) is 5.75 Å². The van der Waals surface area contributed by atoms with E-state index in [1.165, 1.54) is 0 Å². The highest BCUT2D eigenvalue weighted by molar-refractivity contribution is 5.77. The molecule has 0 heterocycles. The zero-order chi connectivity index (χ0) is 14.8. The standard InChI is InChI=1S/C17H24O2/c1-11(2)19-15-9-12(3)8-13(4)16(15)17(6,7)10-14(5)18/h8-9H,1,10H2,2-7H3. The van der Waals surface area contributed by atoms with E-state index in [9.17, 15) is 4.79 Å². The first-order valence-corrected chi connectivity index (χ1v) is 6.58. The Balaban J connectivity index is 3.39. The van der Waals surface area contributed by atoms with Gasteiger partial charge in [0.1, 0.15) is 11.5 Å². The lowest BCUT2D eigenvalue weighted by molar-refractivity contribution is -0.118. The molecule has 0 spiro atoms. The van der Waals surface area contributed by atoms with E-state index in [4.69, 9.17) is 4.74 Å². The van der Waals surface area contributed by atoms with E-state index in [1.807, 2.05) is 19.9 Å². The number of benzene rings is 1. The lowest BCUT2D eigenvalue weighted by Crippen LogP contribution is -2.23. The second-order valence-electron chi connectivity index (χ2n) is 6.02. The zero-order valence-electron chi connectivity index (χ0n) is 12.9. The molecule has 0 bridgehead atoms. The lowest BCUT2D eigenvalue weighted by Gasteiger charge is -2.29. The van der Waals surface area contributed by atoms with Gasteiger partial charge < -0.3 is 4.74 Å². The Morgan fingerprint density at radius 1 is 1.26 bits per heavy atom. The van der Waals surface area contributed by atoms with Crippen LogP contribution >= 0.6 is 0 Å². The molecule has 0 saturated heterocycles. The van der Waals surface area contributed by atoms with E-state index in [1.54, 1.807) is 6.92 Å². The minimum Gasteiger partial charge on any atom is -0.462 e. The lowest BCUT2D eigenvalue weighted by atomic mass is 9.77. The number of Topliss-reactive ketones (excluding diaryl/α,β-unsaturated/α-hetero) is 1. The van der Waals surface area contributed by atoms with Crippen molar-refractivity contribution >= 4 is 5.78 Å². The molecule has 0 fully saturated rings. The van der Waals surface area contributed by atoms with E-state index in [0.29, 0.717) is 12.2 Å². The van der Waals surface area contributed by atoms with Gasteiger partial charge in [-0.3, -0.25) is 4.79 Å². The fourth-order valence-electron chi connectivity index (χ4n) is 2.77. The maximum Gasteiger partial charge on any atom is 0.131 e. The first kappa shape index (κ1) is 15.5. The molecule has 19 heavy (non-hydrogen) atoms. The topological polar surface area (TPSA) is 26.3 Å². The molecule has 0 saturated carbocycles. The molecule has 0 aromatic heterocycles. The Hall–Kier alpha value is -1.57. The van der Waals surface area contributed by atoms with E-state index in [2.05, 4.69) is 33.4 Å². The SMILES string of the molecule is C=C(C)Oc1cc(C)cc(C)c1C(C)(C)CC(C)=O. The van der Waals surface area contributed by atoms with Gasteiger partial charge in [0.15, 0.2) is 0 Å². The number of carbonyl (C=O) groups excluding carboxylic acids is 1. The maximum absolute atomic E-state index is 11.5. The minimum atomic E-state index is -0.242. The highest BCUT2D eigenvalue weighted by Crippen LogP contribution is 2.38. The van der Waals surface area contributed by atoms with Gasteiger partial charge in [-0.1, -0.05) is 26.5 Å². The number of rotatable bonds is 5. The van der Waals surface area contributed by atoms with Crippen molar-refractivity contribution in [1.29, 1.82) is 0 Å². The Morgan fingerprint density at radius 3 is 2.32 bits per heavy atom. The molecule has 104 valence electrons. The molecule has 0 aliphatic rings. The Kier molecular flexibility index (Phi) is 4.56. The smallest absolute Gasteiger partial charge is 0.131 e. The molecule has 0 radical (unpaired) electrons. The van der Waals surface area contributed by atoms with Crippen LogP contribution in [-0.4, -0.2) is 5.78 Å². The van der Waals surface area contributed by atoms with Gasteiger partial charge >= 0.3 is 0 Å². The summed E-state index contributed by atoms with van der Waals surface area (Å²) in [5.41, 5.74) is 3.16. The van der Waals surface area contributed by atoms with Crippen molar-refractivity contribution in [3.8, 4) is 5.75 Å². The number of ether oxygens (including phenoxy) is 1. The predicted octanol–water partition coefficient (Wildman–Crippen LogP) is 4.47. The van der Waals surface area contributed by atoms with E-state index in [0.717, 1.165) is 22.4 Å². The number of hydrogen-bond donors (Lipinski definition) is 0. The molecule has 0 unspecified atom stereocenters. The number of aryl methyl sites for hydroxylation is 2. The molecular weight excluding hydrogens is 236 g/mol. The quantitative estimate of drug-likeness (QED) is 0.730. The largest absolute Gasteiger partial charge is 0.462 e. The Labute approximate surface area is 116 Å². The summed E-state index contributed by atoms with van der Waals surface area (Å²) in [6.07, 6.45) is 0.503. The minimum absolute atomic E-state index is 0.186. The third-order valence-corrected chi connectivity index (χ3v) is 3.10. The Bertz CT molecular complexity index is 510. The molecular formula is C17H24O2. The highest BCUT2D eigenvalue weighted by atomic mass is 16.5. The van der Waals surface area contributed by atoms with Crippen LogP contribution in [0.4, 0.5) is 0 Å². The molecule has 2 nitrogen and oxygen atoms in total. The summed E-state index contributed by atoms with van der Waals surface area (Å²) in [5, 5.41) is 0. The van der Waals surface area contributed by atoms with Crippen LogP contribution in [-0.2, 0) is 10.2 Å². The van der Waals surface area contributed by atoms with Crippen molar-refractivity contribution in [2.45, 2.75) is 53.4 Å². The van der Waals surface area contributed by atoms with Gasteiger partial charge in [-0.05, 0) is 44.9 Å². The van der Waals surface area contributed by atoms with Crippen molar-refractivity contribution in [2.24, 2.45) is 0 Å². The van der Waals surface area contributed by atoms with E-state index >= 15 is 0 Å². The average molecular weight is 260 g/mol. The number of ketones is 1. The molecule has 0 N–H and O–H groups in total. The average Bonchev–Trinajstić information content (AvgIpc) is 2.10. The molecule has 1 rings (SSSR count). The number of hydrogen-bond acceptors (Lipinski definition) is 2. The fraction of sp³-hybridized carbons (Fsp3) is 0.471. The Morgan fingerprint density at radius 2 is 1.84 bits per heavy atom. The maximum atomic E-state index is 11.5. The van der Waals surface area contributed by atoms with Crippen LogP contribution in [0.25, 0.3) is 0 Å². The molecule has 1 aromatic rings. The summed E-state index contributed by atoms with van der Waals surface area (Å²) in [6.45, 7) is 15.5. The molecule has 0 aliphatic heterocycles. The van der Waals surface area contributed by atoms with Crippen molar-refractivity contribution in [1.82, 2.24) is 0 Å². The van der Waals surface area contributed by atoms with Crippen molar-refractivity contribution in [3.05, 3.63) is 41.2 Å². The molecule has 1 aromatic carbocycles. The zero-order valence-corrected chi connectivity index (χ0v) is 12.9. The molecule has 0 atom stereocenters. The van der Waals surface area contributed by atoms with Gasteiger partial charge in [0.05, 0.1) is 5.76 Å². The van der Waals surface area contributed by atoms with Crippen molar-refractivity contribution < 1.29 is 9.53 Å². The van der Waals surface area contributed by atoms with Crippen LogP contribution in [0.15, 0.2) is 24.5 Å². The van der Waals surface area contributed by atoms with Crippen molar-refractivity contribution in [3.63, 3.8) is 0 Å². The van der Waals surface area contributed by atoms with E-state index < -0.39 is 0 Å². The third kappa shape index (κ3) is 3.95. The number of allylic oxidation sites excluding steroid dienone is 1. The van der Waals surface area contributed by atoms with Crippen LogP contribution in [0.2, 0.25) is 0 Å². The van der Waals surface area contributed by atoms with Crippen LogP contribution in [0.3, 0.4) is 0 Å². The van der Waals surface area contributed by atoms with Gasteiger partial charge in [-0.2, -0.15) is 0 Å². The summed E-state index contributed by atoms with van der Waals surface area (Å²) < 4.78 is 5.77. The highest BCUT2D eigenvalue weighted by Gasteiger charge is 2.28. The van der Waals surface area contributed by atoms with Gasteiger partial charge in [-0.15, -0.1) is 0 Å². The van der Waals surface area contributed by atoms with Gasteiger partial charge in [-0.25, -0.2) is 0 Å². The van der Waals surface area contributed by atoms with Gasteiger partial charge in [0, 0.05) is 17.4 Å². The van der Waals surface area contributed by atoms with Gasteiger partial charge in [0.25, 0.3) is 0 Å². The van der Waals surface area contributed by atoms with Gasteiger partial charge in [0.2, 0.25) is 0 Å². The molecule has 0 aliphatic carbocycles.